The van der Waals surface area contributed by atoms with Crippen molar-refractivity contribution in [2.45, 2.75) is 25.0 Å². The summed E-state index contributed by atoms with van der Waals surface area (Å²) in [6.45, 7) is 1.88. The van der Waals surface area contributed by atoms with Crippen molar-refractivity contribution < 1.29 is 17.9 Å². The van der Waals surface area contributed by atoms with Crippen LogP contribution in [0.1, 0.15) is 17.1 Å². The van der Waals surface area contributed by atoms with Crippen LogP contribution in [0.4, 0.5) is 0 Å². The van der Waals surface area contributed by atoms with Crippen molar-refractivity contribution in [2.75, 3.05) is 7.05 Å². The number of furan rings is 1. The molecular weight excluding hydrogens is 278 g/mol. The fraction of sp³-hybridized carbons (Fsp3) is 0.286. The summed E-state index contributed by atoms with van der Waals surface area (Å²) in [5, 5.41) is 8.97. The average Bonchev–Trinajstić information content (AvgIpc) is 2.84. The van der Waals surface area contributed by atoms with Crippen molar-refractivity contribution in [1.82, 2.24) is 4.31 Å². The zero-order valence-electron chi connectivity index (χ0n) is 11.4. The van der Waals surface area contributed by atoms with Crippen molar-refractivity contribution in [3.8, 4) is 0 Å². The number of benzene rings is 1. The van der Waals surface area contributed by atoms with E-state index in [1.807, 2.05) is 6.92 Å². The maximum absolute atomic E-state index is 12.4. The summed E-state index contributed by atoms with van der Waals surface area (Å²) >= 11 is 0. The molecule has 2 rings (SSSR count). The largest absolute Gasteiger partial charge is 0.465 e. The number of aliphatic hydroxyl groups excluding tert-OH is 1. The van der Waals surface area contributed by atoms with Crippen LogP contribution in [0, 0.1) is 6.92 Å². The van der Waals surface area contributed by atoms with E-state index in [4.69, 9.17) is 9.52 Å². The van der Waals surface area contributed by atoms with Crippen LogP contribution < -0.4 is 0 Å². The van der Waals surface area contributed by atoms with Crippen molar-refractivity contribution in [3.05, 3.63) is 53.5 Å². The van der Waals surface area contributed by atoms with Gasteiger partial charge in [-0.15, -0.1) is 0 Å². The van der Waals surface area contributed by atoms with Crippen LogP contribution in [0.3, 0.4) is 0 Å². The van der Waals surface area contributed by atoms with E-state index in [1.165, 1.54) is 23.5 Å². The van der Waals surface area contributed by atoms with Crippen molar-refractivity contribution in [2.24, 2.45) is 0 Å². The molecular formula is C14H17NO4S. The molecule has 0 fully saturated rings. The minimum absolute atomic E-state index is 0.109. The van der Waals surface area contributed by atoms with E-state index in [1.54, 1.807) is 24.3 Å². The highest BCUT2D eigenvalue weighted by molar-refractivity contribution is 7.89. The fourth-order valence-corrected chi connectivity index (χ4v) is 2.96. The molecule has 0 spiro atoms. The van der Waals surface area contributed by atoms with Crippen LogP contribution in [0.15, 0.2) is 45.7 Å². The molecule has 5 nitrogen and oxygen atoms in total. The van der Waals surface area contributed by atoms with E-state index < -0.39 is 10.0 Å². The maximum atomic E-state index is 12.4. The Hall–Kier alpha value is -1.63. The Kier molecular flexibility index (Phi) is 4.27. The van der Waals surface area contributed by atoms with Crippen molar-refractivity contribution in [1.29, 1.82) is 0 Å². The molecule has 6 heteroatoms. The second-order valence-corrected chi connectivity index (χ2v) is 6.62. The van der Waals surface area contributed by atoms with Crippen LogP contribution in [0.2, 0.25) is 0 Å². The molecule has 0 aliphatic rings. The maximum Gasteiger partial charge on any atom is 0.243 e. The summed E-state index contributed by atoms with van der Waals surface area (Å²) in [7, 11) is -2.05. The van der Waals surface area contributed by atoms with Gasteiger partial charge in [-0.05, 0) is 36.8 Å². The van der Waals surface area contributed by atoms with Gasteiger partial charge in [0.2, 0.25) is 10.0 Å². The van der Waals surface area contributed by atoms with Crippen molar-refractivity contribution in [3.63, 3.8) is 0 Å². The van der Waals surface area contributed by atoms with Crippen LogP contribution in [-0.4, -0.2) is 24.9 Å². The van der Waals surface area contributed by atoms with Crippen molar-refractivity contribution >= 4 is 10.0 Å². The van der Waals surface area contributed by atoms with Gasteiger partial charge in [-0.2, -0.15) is 4.31 Å². The number of rotatable bonds is 5. The molecule has 0 aliphatic carbocycles. The summed E-state index contributed by atoms with van der Waals surface area (Å²) in [5.41, 5.74) is 0.674. The Morgan fingerprint density at radius 3 is 2.30 bits per heavy atom. The Labute approximate surface area is 118 Å². The van der Waals surface area contributed by atoms with Gasteiger partial charge in [-0.1, -0.05) is 12.1 Å². The Balaban J connectivity index is 2.19. The monoisotopic (exact) mass is 295 g/mol. The molecule has 0 saturated carbocycles. The SMILES string of the molecule is Cc1ccc(CN(C)S(=O)(=O)c2ccc(CO)cc2)o1. The summed E-state index contributed by atoms with van der Waals surface area (Å²) in [6.07, 6.45) is 0. The Morgan fingerprint density at radius 1 is 1.15 bits per heavy atom. The highest BCUT2D eigenvalue weighted by atomic mass is 32.2. The van der Waals surface area contributed by atoms with Gasteiger partial charge >= 0.3 is 0 Å². The molecule has 0 radical (unpaired) electrons. The second-order valence-electron chi connectivity index (χ2n) is 4.58. The van der Waals surface area contributed by atoms with Crippen LogP contribution in [0.5, 0.6) is 0 Å². The predicted octanol–water partition coefficient (Wildman–Crippen LogP) is 1.90. The van der Waals surface area contributed by atoms with Gasteiger partial charge in [0.25, 0.3) is 0 Å². The lowest BCUT2D eigenvalue weighted by Crippen LogP contribution is -2.26. The third kappa shape index (κ3) is 3.09. The van der Waals surface area contributed by atoms with E-state index >= 15 is 0 Å². The van der Waals surface area contributed by atoms with Crippen LogP contribution in [0.25, 0.3) is 0 Å². The first-order valence-corrected chi connectivity index (χ1v) is 7.59. The molecule has 1 aromatic heterocycles. The average molecular weight is 295 g/mol. The zero-order chi connectivity index (χ0) is 14.8. The van der Waals surface area contributed by atoms with E-state index in [0.717, 1.165) is 5.76 Å². The fourth-order valence-electron chi connectivity index (χ4n) is 1.82. The van der Waals surface area contributed by atoms with Gasteiger partial charge in [-0.3, -0.25) is 0 Å². The molecule has 20 heavy (non-hydrogen) atoms. The second kappa shape index (κ2) is 5.78. The van der Waals surface area contributed by atoms with Gasteiger partial charge in [-0.25, -0.2) is 8.42 Å². The third-order valence-electron chi connectivity index (χ3n) is 2.99. The molecule has 0 amide bonds. The van der Waals surface area contributed by atoms with Gasteiger partial charge in [0.1, 0.15) is 11.5 Å². The number of nitrogens with zero attached hydrogens (tertiary/aromatic N) is 1. The molecule has 0 bridgehead atoms. The molecule has 0 aliphatic heterocycles. The van der Waals surface area contributed by atoms with Gasteiger partial charge in [0.15, 0.2) is 0 Å². The lowest BCUT2D eigenvalue weighted by Gasteiger charge is -2.16. The van der Waals surface area contributed by atoms with Gasteiger partial charge in [0, 0.05) is 7.05 Å². The van der Waals surface area contributed by atoms with Gasteiger partial charge in [0.05, 0.1) is 18.0 Å². The number of hydrogen-bond acceptors (Lipinski definition) is 4. The lowest BCUT2D eigenvalue weighted by molar-refractivity contribution is 0.281. The van der Waals surface area contributed by atoms with Gasteiger partial charge < -0.3 is 9.52 Å². The topological polar surface area (TPSA) is 70.8 Å². The first-order chi connectivity index (χ1) is 9.43. The molecule has 0 saturated heterocycles. The highest BCUT2D eigenvalue weighted by Crippen LogP contribution is 2.18. The number of hydrogen-bond donors (Lipinski definition) is 1. The smallest absolute Gasteiger partial charge is 0.243 e. The normalized spacial score (nSPS) is 12.0. The molecule has 0 unspecified atom stereocenters. The third-order valence-corrected chi connectivity index (χ3v) is 4.81. The highest BCUT2D eigenvalue weighted by Gasteiger charge is 2.21. The number of sulfonamides is 1. The number of aryl methyl sites for hydroxylation is 1. The Morgan fingerprint density at radius 2 is 1.80 bits per heavy atom. The van der Waals surface area contributed by atoms with E-state index in [2.05, 4.69) is 0 Å². The minimum Gasteiger partial charge on any atom is -0.465 e. The quantitative estimate of drug-likeness (QED) is 0.914. The lowest BCUT2D eigenvalue weighted by atomic mass is 10.2. The van der Waals surface area contributed by atoms with Crippen LogP contribution in [-0.2, 0) is 23.2 Å². The molecule has 1 N–H and O–H groups in total. The number of aliphatic hydroxyl groups is 1. The standard InChI is InChI=1S/C14H17NO4S/c1-11-3-6-13(19-11)9-15(2)20(17,18)14-7-4-12(10-16)5-8-14/h3-8,16H,9-10H2,1-2H3. The summed E-state index contributed by atoms with van der Waals surface area (Å²) in [5.74, 6) is 1.35. The van der Waals surface area contributed by atoms with Crippen LogP contribution >= 0.6 is 0 Å². The summed E-state index contributed by atoms with van der Waals surface area (Å²) in [6, 6.07) is 9.73. The minimum atomic E-state index is -3.56. The van der Waals surface area contributed by atoms with E-state index in [9.17, 15) is 8.42 Å². The summed E-state index contributed by atoms with van der Waals surface area (Å²) in [4.78, 5) is 0.195. The van der Waals surface area contributed by atoms with E-state index in [0.29, 0.717) is 11.3 Å². The first-order valence-electron chi connectivity index (χ1n) is 6.15. The molecule has 108 valence electrons. The zero-order valence-corrected chi connectivity index (χ0v) is 12.2. The predicted molar refractivity (Wildman–Crippen MR) is 74.5 cm³/mol. The first kappa shape index (κ1) is 14.8. The Bertz CT molecular complexity index is 673. The molecule has 2 aromatic rings. The summed E-state index contributed by atoms with van der Waals surface area (Å²) < 4.78 is 31.3. The molecule has 1 heterocycles. The van der Waals surface area contributed by atoms with E-state index in [-0.39, 0.29) is 18.0 Å². The molecule has 1 aromatic carbocycles. The molecule has 0 atom stereocenters.